The van der Waals surface area contributed by atoms with Crippen molar-refractivity contribution in [3.8, 4) is 0 Å². The third-order valence-corrected chi connectivity index (χ3v) is 4.51. The number of benzene rings is 2. The summed E-state index contributed by atoms with van der Waals surface area (Å²) in [5.41, 5.74) is 1.13. The van der Waals surface area contributed by atoms with Crippen LogP contribution < -0.4 is 4.90 Å². The molecule has 0 atom stereocenters. The monoisotopic (exact) mass is 296 g/mol. The number of rotatable bonds is 3. The van der Waals surface area contributed by atoms with Crippen LogP contribution in [-0.4, -0.2) is 37.5 Å². The first-order valence-electron chi connectivity index (χ1n) is 8.22. The van der Waals surface area contributed by atoms with Gasteiger partial charge in [-0.25, -0.2) is 0 Å². The van der Waals surface area contributed by atoms with E-state index in [0.29, 0.717) is 6.54 Å². The lowest BCUT2D eigenvalue weighted by Crippen LogP contribution is -2.39. The maximum absolute atomic E-state index is 12.6. The molecule has 1 fully saturated rings. The number of amides is 1. The van der Waals surface area contributed by atoms with Crippen LogP contribution in [0.5, 0.6) is 0 Å². The lowest BCUT2D eigenvalue weighted by atomic mass is 10.1. The van der Waals surface area contributed by atoms with E-state index in [9.17, 15) is 4.79 Å². The van der Waals surface area contributed by atoms with Gasteiger partial charge in [0.1, 0.15) is 0 Å². The van der Waals surface area contributed by atoms with Crippen molar-refractivity contribution >= 4 is 22.4 Å². The molecule has 0 saturated carbocycles. The Morgan fingerprint density at radius 3 is 2.45 bits per heavy atom. The second-order valence-corrected chi connectivity index (χ2v) is 6.15. The number of likely N-dealkylation sites (N-methyl/N-ethyl adjacent to an activating group) is 1. The average molecular weight is 296 g/mol. The molecule has 22 heavy (non-hydrogen) atoms. The quantitative estimate of drug-likeness (QED) is 0.862. The number of nitrogens with zero attached hydrogens (tertiary/aromatic N) is 2. The normalized spacial score (nSPS) is 15.6. The molecule has 116 valence electrons. The highest BCUT2D eigenvalue weighted by molar-refractivity contribution is 5.95. The van der Waals surface area contributed by atoms with Crippen LogP contribution >= 0.6 is 0 Å². The minimum Gasteiger partial charge on any atom is -0.365 e. The second-order valence-electron chi connectivity index (χ2n) is 6.15. The largest absolute Gasteiger partial charge is 0.365 e. The van der Waals surface area contributed by atoms with Crippen LogP contribution in [0.1, 0.15) is 25.7 Å². The van der Waals surface area contributed by atoms with E-state index in [2.05, 4.69) is 47.4 Å². The van der Waals surface area contributed by atoms with Gasteiger partial charge in [0.15, 0.2) is 0 Å². The van der Waals surface area contributed by atoms with Crippen LogP contribution in [0.2, 0.25) is 0 Å². The smallest absolute Gasteiger partial charge is 0.242 e. The Morgan fingerprint density at radius 1 is 1.00 bits per heavy atom. The summed E-state index contributed by atoms with van der Waals surface area (Å²) in [5, 5.41) is 2.42. The molecule has 3 heteroatoms. The first kappa shape index (κ1) is 14.9. The summed E-state index contributed by atoms with van der Waals surface area (Å²) in [5.74, 6) is 0.248. The minimum atomic E-state index is 0.248. The third kappa shape index (κ3) is 3.24. The van der Waals surface area contributed by atoms with E-state index in [-0.39, 0.29) is 5.91 Å². The van der Waals surface area contributed by atoms with Crippen LogP contribution in [0.15, 0.2) is 42.5 Å². The number of anilines is 1. The van der Waals surface area contributed by atoms with Crippen LogP contribution in [0.25, 0.3) is 10.8 Å². The van der Waals surface area contributed by atoms with Gasteiger partial charge < -0.3 is 9.80 Å². The summed E-state index contributed by atoms with van der Waals surface area (Å²) in [7, 11) is 2.01. The molecule has 1 amide bonds. The van der Waals surface area contributed by atoms with Crippen molar-refractivity contribution in [1.82, 2.24) is 4.90 Å². The van der Waals surface area contributed by atoms with Crippen molar-refractivity contribution < 1.29 is 4.79 Å². The number of carbonyl (C=O) groups excluding carboxylic acids is 1. The molecular formula is C19H24N2O. The molecule has 0 aliphatic carbocycles. The predicted molar refractivity (Wildman–Crippen MR) is 92.3 cm³/mol. The molecule has 0 spiro atoms. The van der Waals surface area contributed by atoms with Crippen molar-refractivity contribution in [1.29, 1.82) is 0 Å². The van der Waals surface area contributed by atoms with E-state index < -0.39 is 0 Å². The first-order valence-corrected chi connectivity index (χ1v) is 8.22. The van der Waals surface area contributed by atoms with Gasteiger partial charge in [0, 0.05) is 31.2 Å². The Labute approximate surface area is 132 Å². The molecule has 0 radical (unpaired) electrons. The molecule has 1 heterocycles. The molecule has 1 aliphatic rings. The maximum atomic E-state index is 12.6. The van der Waals surface area contributed by atoms with Crippen LogP contribution in [-0.2, 0) is 4.79 Å². The number of carbonyl (C=O) groups is 1. The Hall–Kier alpha value is -2.03. The lowest BCUT2D eigenvalue weighted by Gasteiger charge is -2.26. The molecule has 2 aromatic rings. The Balaban J connectivity index is 1.75. The van der Waals surface area contributed by atoms with Gasteiger partial charge in [-0.15, -0.1) is 0 Å². The zero-order chi connectivity index (χ0) is 15.4. The fourth-order valence-corrected chi connectivity index (χ4v) is 3.25. The van der Waals surface area contributed by atoms with E-state index in [1.54, 1.807) is 0 Å². The fraction of sp³-hybridized carbons (Fsp3) is 0.421. The molecule has 1 saturated heterocycles. The standard InChI is InChI=1S/C19H24N2O/c1-20(15-19(22)21-13-6-2-3-7-14-21)18-12-8-10-16-9-4-5-11-17(16)18/h4-5,8-12H,2-3,6-7,13-15H2,1H3. The second kappa shape index (κ2) is 6.82. The van der Waals surface area contributed by atoms with Gasteiger partial charge in [0.25, 0.3) is 0 Å². The molecule has 1 aliphatic heterocycles. The highest BCUT2D eigenvalue weighted by Gasteiger charge is 2.17. The SMILES string of the molecule is CN(CC(=O)N1CCCCCC1)c1cccc2ccccc12. The fourth-order valence-electron chi connectivity index (χ4n) is 3.25. The highest BCUT2D eigenvalue weighted by atomic mass is 16.2. The van der Waals surface area contributed by atoms with Gasteiger partial charge in [-0.3, -0.25) is 4.79 Å². The van der Waals surface area contributed by atoms with Crippen molar-refractivity contribution in [2.45, 2.75) is 25.7 Å². The highest BCUT2D eigenvalue weighted by Crippen LogP contribution is 2.25. The van der Waals surface area contributed by atoms with Gasteiger partial charge >= 0.3 is 0 Å². The lowest BCUT2D eigenvalue weighted by molar-refractivity contribution is -0.129. The Bertz CT molecular complexity index is 639. The predicted octanol–water partition coefficient (Wildman–Crippen LogP) is 3.68. The molecule has 0 N–H and O–H groups in total. The molecule has 3 nitrogen and oxygen atoms in total. The Kier molecular flexibility index (Phi) is 4.62. The molecule has 0 unspecified atom stereocenters. The number of fused-ring (bicyclic) bond motifs is 1. The molecular weight excluding hydrogens is 272 g/mol. The van der Waals surface area contributed by atoms with E-state index in [1.807, 2.05) is 11.9 Å². The zero-order valence-electron chi connectivity index (χ0n) is 13.3. The van der Waals surface area contributed by atoms with Gasteiger partial charge in [0.2, 0.25) is 5.91 Å². The molecule has 0 aromatic heterocycles. The van der Waals surface area contributed by atoms with Crippen molar-refractivity contribution in [3.63, 3.8) is 0 Å². The maximum Gasteiger partial charge on any atom is 0.242 e. The van der Waals surface area contributed by atoms with Crippen LogP contribution in [0.3, 0.4) is 0 Å². The van der Waals surface area contributed by atoms with Gasteiger partial charge in [-0.2, -0.15) is 0 Å². The van der Waals surface area contributed by atoms with Gasteiger partial charge in [-0.1, -0.05) is 49.2 Å². The van der Waals surface area contributed by atoms with Crippen molar-refractivity contribution in [2.24, 2.45) is 0 Å². The average Bonchev–Trinajstić information content (AvgIpc) is 2.83. The summed E-state index contributed by atoms with van der Waals surface area (Å²) in [6.45, 7) is 2.29. The number of hydrogen-bond donors (Lipinski definition) is 0. The molecule has 3 rings (SSSR count). The number of hydrogen-bond acceptors (Lipinski definition) is 2. The summed E-state index contributed by atoms with van der Waals surface area (Å²) in [6, 6.07) is 14.6. The topological polar surface area (TPSA) is 23.6 Å². The molecule has 0 bridgehead atoms. The van der Waals surface area contributed by atoms with Crippen LogP contribution in [0, 0.1) is 0 Å². The summed E-state index contributed by atoms with van der Waals surface area (Å²) < 4.78 is 0. The minimum absolute atomic E-state index is 0.248. The zero-order valence-corrected chi connectivity index (χ0v) is 13.3. The van der Waals surface area contributed by atoms with Crippen molar-refractivity contribution in [2.75, 3.05) is 31.6 Å². The van der Waals surface area contributed by atoms with Crippen LogP contribution in [0.4, 0.5) is 5.69 Å². The van der Waals surface area contributed by atoms with E-state index in [1.165, 1.54) is 23.6 Å². The first-order chi connectivity index (χ1) is 10.8. The number of likely N-dealkylation sites (tertiary alicyclic amines) is 1. The third-order valence-electron chi connectivity index (χ3n) is 4.51. The summed E-state index contributed by atoms with van der Waals surface area (Å²) in [4.78, 5) is 16.7. The van der Waals surface area contributed by atoms with E-state index in [4.69, 9.17) is 0 Å². The van der Waals surface area contributed by atoms with E-state index >= 15 is 0 Å². The van der Waals surface area contributed by atoms with Gasteiger partial charge in [0.05, 0.1) is 6.54 Å². The summed E-state index contributed by atoms with van der Waals surface area (Å²) >= 11 is 0. The van der Waals surface area contributed by atoms with Gasteiger partial charge in [-0.05, 0) is 24.3 Å². The summed E-state index contributed by atoms with van der Waals surface area (Å²) in [6.07, 6.45) is 4.79. The molecule has 2 aromatic carbocycles. The Morgan fingerprint density at radius 2 is 1.68 bits per heavy atom. The van der Waals surface area contributed by atoms with Crippen molar-refractivity contribution in [3.05, 3.63) is 42.5 Å². The van der Waals surface area contributed by atoms with E-state index in [0.717, 1.165) is 31.6 Å².